The third kappa shape index (κ3) is 6.00. The van der Waals surface area contributed by atoms with Crippen LogP contribution in [0.2, 0.25) is 0 Å². The first kappa shape index (κ1) is 15.9. The highest BCUT2D eigenvalue weighted by atomic mass is 19.1. The summed E-state index contributed by atoms with van der Waals surface area (Å²) in [6.07, 6.45) is 9.74. The molecule has 0 aliphatic rings. The van der Waals surface area contributed by atoms with E-state index in [1.165, 1.54) is 51.5 Å². The van der Waals surface area contributed by atoms with Crippen LogP contribution in [-0.2, 0) is 6.42 Å². The number of halogens is 1. The summed E-state index contributed by atoms with van der Waals surface area (Å²) in [6, 6.07) is 4.99. The van der Waals surface area contributed by atoms with Crippen LogP contribution in [0.3, 0.4) is 0 Å². The Morgan fingerprint density at radius 2 is 1.68 bits per heavy atom. The summed E-state index contributed by atoms with van der Waals surface area (Å²) in [5, 5.41) is 0. The van der Waals surface area contributed by atoms with Crippen molar-refractivity contribution in [2.24, 2.45) is 0 Å². The van der Waals surface area contributed by atoms with Gasteiger partial charge < -0.3 is 0 Å². The Morgan fingerprint density at radius 3 is 2.26 bits per heavy atom. The fourth-order valence-corrected chi connectivity index (χ4v) is 2.29. The van der Waals surface area contributed by atoms with Crippen LogP contribution in [0.25, 0.3) is 0 Å². The largest absolute Gasteiger partial charge is 0.294 e. The molecule has 0 aromatic heterocycles. The van der Waals surface area contributed by atoms with Gasteiger partial charge in [-0.3, -0.25) is 4.79 Å². The molecule has 0 bridgehead atoms. The zero-order valence-corrected chi connectivity index (χ0v) is 12.2. The summed E-state index contributed by atoms with van der Waals surface area (Å²) in [5.74, 6) is -0.590. The second kappa shape index (κ2) is 8.84. The van der Waals surface area contributed by atoms with Gasteiger partial charge in [0.2, 0.25) is 0 Å². The summed E-state index contributed by atoms with van der Waals surface area (Å²) in [7, 11) is 0. The Balaban J connectivity index is 2.26. The van der Waals surface area contributed by atoms with Crippen molar-refractivity contribution >= 4 is 5.78 Å². The lowest BCUT2D eigenvalue weighted by atomic mass is 10.0. The van der Waals surface area contributed by atoms with Crippen molar-refractivity contribution in [3.63, 3.8) is 0 Å². The Kier molecular flexibility index (Phi) is 7.39. The first-order valence-electron chi connectivity index (χ1n) is 7.44. The molecule has 0 aliphatic carbocycles. The second-order valence-electron chi connectivity index (χ2n) is 5.24. The lowest BCUT2D eigenvalue weighted by Gasteiger charge is -2.04. The molecule has 0 saturated carbocycles. The van der Waals surface area contributed by atoms with Gasteiger partial charge in [-0.1, -0.05) is 51.5 Å². The molecule has 0 N–H and O–H groups in total. The summed E-state index contributed by atoms with van der Waals surface area (Å²) >= 11 is 0. The molecule has 0 amide bonds. The van der Waals surface area contributed by atoms with Crippen molar-refractivity contribution in [3.8, 4) is 0 Å². The molecule has 1 nitrogen and oxygen atoms in total. The maximum Gasteiger partial charge on any atom is 0.162 e. The first-order valence-corrected chi connectivity index (χ1v) is 7.44. The predicted molar refractivity (Wildman–Crippen MR) is 78.1 cm³/mol. The van der Waals surface area contributed by atoms with Crippen LogP contribution in [0.5, 0.6) is 0 Å². The van der Waals surface area contributed by atoms with Crippen LogP contribution < -0.4 is 0 Å². The molecule has 19 heavy (non-hydrogen) atoms. The van der Waals surface area contributed by atoms with Crippen LogP contribution in [0, 0.1) is 5.82 Å². The maximum absolute atomic E-state index is 13.6. The van der Waals surface area contributed by atoms with E-state index in [1.807, 2.05) is 6.07 Å². The average molecular weight is 264 g/mol. The number of aryl methyl sites for hydroxylation is 1. The van der Waals surface area contributed by atoms with Gasteiger partial charge >= 0.3 is 0 Å². The monoisotopic (exact) mass is 264 g/mol. The third-order valence-electron chi connectivity index (χ3n) is 3.48. The minimum Gasteiger partial charge on any atom is -0.294 e. The van der Waals surface area contributed by atoms with Gasteiger partial charge in [0.1, 0.15) is 5.82 Å². The number of carbonyl (C=O) groups is 1. The Hall–Kier alpha value is -1.18. The Labute approximate surface area is 116 Å². The minimum atomic E-state index is -0.382. The predicted octanol–water partition coefficient (Wildman–Crippen LogP) is 5.32. The van der Waals surface area contributed by atoms with Gasteiger partial charge in [0, 0.05) is 0 Å². The maximum atomic E-state index is 13.6. The van der Waals surface area contributed by atoms with Crippen molar-refractivity contribution in [2.45, 2.75) is 65.2 Å². The van der Waals surface area contributed by atoms with Crippen molar-refractivity contribution in [3.05, 3.63) is 35.1 Å². The molecule has 2 heteroatoms. The summed E-state index contributed by atoms with van der Waals surface area (Å²) in [5.41, 5.74) is 1.19. The van der Waals surface area contributed by atoms with Crippen molar-refractivity contribution in [1.82, 2.24) is 0 Å². The SMILES string of the molecule is CCCCCCCCCc1ccc(C(C)=O)c(F)c1. The molecule has 106 valence electrons. The molecule has 0 spiro atoms. The zero-order chi connectivity index (χ0) is 14.1. The molecule has 0 aliphatic heterocycles. The smallest absolute Gasteiger partial charge is 0.162 e. The first-order chi connectivity index (χ1) is 9.15. The van der Waals surface area contributed by atoms with Gasteiger partial charge in [0.25, 0.3) is 0 Å². The van der Waals surface area contributed by atoms with Gasteiger partial charge in [0.15, 0.2) is 5.78 Å². The van der Waals surface area contributed by atoms with E-state index >= 15 is 0 Å². The van der Waals surface area contributed by atoms with Crippen LogP contribution in [0.4, 0.5) is 4.39 Å². The number of unbranched alkanes of at least 4 members (excludes halogenated alkanes) is 6. The molecule has 1 aromatic rings. The molecule has 0 radical (unpaired) electrons. The number of benzene rings is 1. The van der Waals surface area contributed by atoms with Gasteiger partial charge in [0.05, 0.1) is 5.56 Å². The molecule has 0 unspecified atom stereocenters. The van der Waals surface area contributed by atoms with Gasteiger partial charge in [-0.15, -0.1) is 0 Å². The minimum absolute atomic E-state index is 0.198. The number of hydrogen-bond donors (Lipinski definition) is 0. The van der Waals surface area contributed by atoms with Gasteiger partial charge in [-0.05, 0) is 37.5 Å². The van der Waals surface area contributed by atoms with E-state index < -0.39 is 0 Å². The summed E-state index contributed by atoms with van der Waals surface area (Å²) in [4.78, 5) is 11.1. The fourth-order valence-electron chi connectivity index (χ4n) is 2.29. The van der Waals surface area contributed by atoms with Crippen molar-refractivity contribution < 1.29 is 9.18 Å². The van der Waals surface area contributed by atoms with E-state index in [1.54, 1.807) is 6.07 Å². The number of ketones is 1. The highest BCUT2D eigenvalue weighted by Crippen LogP contribution is 2.14. The molecule has 1 rings (SSSR count). The van der Waals surface area contributed by atoms with E-state index in [4.69, 9.17) is 0 Å². The van der Waals surface area contributed by atoms with E-state index in [2.05, 4.69) is 6.92 Å². The normalized spacial score (nSPS) is 10.7. The van der Waals surface area contributed by atoms with Crippen LogP contribution in [0.1, 0.15) is 74.7 Å². The Bertz CT molecular complexity index is 398. The molecular formula is C17H25FO. The lowest BCUT2D eigenvalue weighted by molar-refractivity contribution is 0.101. The fraction of sp³-hybridized carbons (Fsp3) is 0.588. The summed E-state index contributed by atoms with van der Waals surface area (Å²) in [6.45, 7) is 3.62. The Morgan fingerprint density at radius 1 is 1.05 bits per heavy atom. The number of Topliss-reactive ketones (excluding diaryl/α,β-unsaturated/α-hetero) is 1. The number of hydrogen-bond acceptors (Lipinski definition) is 1. The molecule has 0 atom stereocenters. The topological polar surface area (TPSA) is 17.1 Å². The van der Waals surface area contributed by atoms with E-state index in [0.717, 1.165) is 18.4 Å². The molecule has 0 fully saturated rings. The molecule has 1 aromatic carbocycles. The van der Waals surface area contributed by atoms with Crippen LogP contribution in [0.15, 0.2) is 18.2 Å². The highest BCUT2D eigenvalue weighted by molar-refractivity contribution is 5.94. The van der Waals surface area contributed by atoms with E-state index in [9.17, 15) is 9.18 Å². The quantitative estimate of drug-likeness (QED) is 0.435. The zero-order valence-electron chi connectivity index (χ0n) is 12.2. The van der Waals surface area contributed by atoms with Gasteiger partial charge in [-0.25, -0.2) is 4.39 Å². The van der Waals surface area contributed by atoms with E-state index in [0.29, 0.717) is 0 Å². The van der Waals surface area contributed by atoms with E-state index in [-0.39, 0.29) is 17.2 Å². The van der Waals surface area contributed by atoms with Crippen LogP contribution >= 0.6 is 0 Å². The van der Waals surface area contributed by atoms with Crippen molar-refractivity contribution in [1.29, 1.82) is 0 Å². The molecule has 0 heterocycles. The standard InChI is InChI=1S/C17H25FO/c1-3-4-5-6-7-8-9-10-15-11-12-16(14(2)19)17(18)13-15/h11-13H,3-10H2,1-2H3. The highest BCUT2D eigenvalue weighted by Gasteiger charge is 2.07. The third-order valence-corrected chi connectivity index (χ3v) is 3.48. The van der Waals surface area contributed by atoms with Crippen LogP contribution in [-0.4, -0.2) is 5.78 Å². The number of carbonyl (C=O) groups excluding carboxylic acids is 1. The van der Waals surface area contributed by atoms with Gasteiger partial charge in [-0.2, -0.15) is 0 Å². The lowest BCUT2D eigenvalue weighted by Crippen LogP contribution is -1.98. The molecular weight excluding hydrogens is 239 g/mol. The summed E-state index contributed by atoms with van der Waals surface area (Å²) < 4.78 is 13.6. The van der Waals surface area contributed by atoms with Crippen molar-refractivity contribution in [2.75, 3.05) is 0 Å². The molecule has 0 saturated heterocycles. The number of rotatable bonds is 9. The average Bonchev–Trinajstić information content (AvgIpc) is 2.37. The second-order valence-corrected chi connectivity index (χ2v) is 5.24.